The fourth-order valence-corrected chi connectivity index (χ4v) is 2.60. The number of amides is 1. The maximum Gasteiger partial charge on any atom is 0.310 e. The molecule has 0 heterocycles. The van der Waals surface area contributed by atoms with Crippen LogP contribution in [0.25, 0.3) is 0 Å². The molecule has 2 aromatic rings. The van der Waals surface area contributed by atoms with Gasteiger partial charge in [0.2, 0.25) is 5.91 Å². The van der Waals surface area contributed by atoms with Gasteiger partial charge in [0, 0.05) is 12.1 Å². The van der Waals surface area contributed by atoms with E-state index in [1.165, 1.54) is 0 Å². The molecular formula is C20H23NO3. The Morgan fingerprint density at radius 1 is 1.04 bits per heavy atom. The summed E-state index contributed by atoms with van der Waals surface area (Å²) in [7, 11) is 0. The normalized spacial score (nSPS) is 12.5. The second kappa shape index (κ2) is 7.30. The number of benzene rings is 2. The van der Waals surface area contributed by atoms with Gasteiger partial charge in [0.05, 0.1) is 5.92 Å². The van der Waals surface area contributed by atoms with Crippen LogP contribution < -0.4 is 5.32 Å². The number of carbonyl (C=O) groups is 2. The second-order valence-electron chi connectivity index (χ2n) is 6.66. The summed E-state index contributed by atoms with van der Waals surface area (Å²) in [5, 5.41) is 11.9. The summed E-state index contributed by atoms with van der Waals surface area (Å²) in [4.78, 5) is 23.3. The zero-order valence-electron chi connectivity index (χ0n) is 14.2. The van der Waals surface area contributed by atoms with Crippen molar-refractivity contribution in [3.8, 4) is 0 Å². The average molecular weight is 325 g/mol. The summed E-state index contributed by atoms with van der Waals surface area (Å²) in [6.45, 7) is 5.72. The van der Waals surface area contributed by atoms with Crippen LogP contribution in [0, 0.1) is 0 Å². The molecule has 1 atom stereocenters. The van der Waals surface area contributed by atoms with E-state index < -0.39 is 11.9 Å². The molecule has 0 fully saturated rings. The van der Waals surface area contributed by atoms with Crippen molar-refractivity contribution in [1.82, 2.24) is 0 Å². The second-order valence-corrected chi connectivity index (χ2v) is 6.66. The maximum absolute atomic E-state index is 12.3. The summed E-state index contributed by atoms with van der Waals surface area (Å²) in [5.74, 6) is -1.49. The molecule has 2 aromatic carbocycles. The highest BCUT2D eigenvalue weighted by atomic mass is 16.4. The average Bonchev–Trinajstić information content (AvgIpc) is 2.55. The van der Waals surface area contributed by atoms with Crippen LogP contribution in [-0.4, -0.2) is 17.0 Å². The Morgan fingerprint density at radius 2 is 1.62 bits per heavy atom. The quantitative estimate of drug-likeness (QED) is 0.837. The van der Waals surface area contributed by atoms with Crippen molar-refractivity contribution in [3.63, 3.8) is 0 Å². The van der Waals surface area contributed by atoms with Crippen molar-refractivity contribution in [2.24, 2.45) is 0 Å². The molecule has 0 aliphatic rings. The van der Waals surface area contributed by atoms with E-state index in [9.17, 15) is 9.59 Å². The summed E-state index contributed by atoms with van der Waals surface area (Å²) in [6, 6.07) is 16.9. The Labute approximate surface area is 142 Å². The highest BCUT2D eigenvalue weighted by molar-refractivity contribution is 5.91. The number of hydrogen-bond acceptors (Lipinski definition) is 2. The van der Waals surface area contributed by atoms with Gasteiger partial charge in [-0.15, -0.1) is 0 Å². The Balaban J connectivity index is 2.01. The van der Waals surface area contributed by atoms with Gasteiger partial charge in [0.1, 0.15) is 0 Å². The molecule has 0 saturated heterocycles. The number of carboxylic acids is 1. The van der Waals surface area contributed by atoms with E-state index in [1.807, 2.05) is 44.2 Å². The van der Waals surface area contributed by atoms with Gasteiger partial charge in [0.15, 0.2) is 0 Å². The fraction of sp³-hybridized carbons (Fsp3) is 0.300. The van der Waals surface area contributed by atoms with E-state index in [-0.39, 0.29) is 11.3 Å². The number of carboxylic acid groups (broad SMARTS) is 1. The van der Waals surface area contributed by atoms with Crippen LogP contribution >= 0.6 is 0 Å². The van der Waals surface area contributed by atoms with Gasteiger partial charge < -0.3 is 10.4 Å². The summed E-state index contributed by atoms with van der Waals surface area (Å²) >= 11 is 0. The largest absolute Gasteiger partial charge is 0.481 e. The molecule has 0 bridgehead atoms. The summed E-state index contributed by atoms with van der Waals surface area (Å²) < 4.78 is 0. The van der Waals surface area contributed by atoms with E-state index in [2.05, 4.69) is 5.32 Å². The predicted octanol–water partition coefficient (Wildman–Crippen LogP) is 4.18. The lowest BCUT2D eigenvalue weighted by atomic mass is 9.81. The van der Waals surface area contributed by atoms with Crippen molar-refractivity contribution in [3.05, 3.63) is 65.7 Å². The number of aliphatic carboxylic acids is 1. The third kappa shape index (κ3) is 4.44. The lowest BCUT2D eigenvalue weighted by Crippen LogP contribution is -2.25. The van der Waals surface area contributed by atoms with Crippen LogP contribution in [0.5, 0.6) is 0 Å². The zero-order chi connectivity index (χ0) is 17.7. The number of anilines is 1. The van der Waals surface area contributed by atoms with Crippen molar-refractivity contribution >= 4 is 17.6 Å². The molecule has 0 saturated carbocycles. The molecular weight excluding hydrogens is 302 g/mol. The van der Waals surface area contributed by atoms with E-state index in [0.29, 0.717) is 17.7 Å². The first-order valence-corrected chi connectivity index (χ1v) is 7.98. The smallest absolute Gasteiger partial charge is 0.310 e. The molecule has 0 radical (unpaired) electrons. The molecule has 2 N–H and O–H groups in total. The number of nitrogens with one attached hydrogen (secondary N) is 1. The van der Waals surface area contributed by atoms with Crippen LogP contribution in [0.15, 0.2) is 54.6 Å². The molecule has 0 spiro atoms. The Hall–Kier alpha value is -2.62. The minimum atomic E-state index is -0.864. The lowest BCUT2D eigenvalue weighted by Gasteiger charge is -2.24. The first kappa shape index (κ1) is 17.7. The zero-order valence-corrected chi connectivity index (χ0v) is 14.2. The Bertz CT molecular complexity index is 705. The molecule has 0 aliphatic carbocycles. The minimum absolute atomic E-state index is 0.0668. The van der Waals surface area contributed by atoms with Gasteiger partial charge in [-0.1, -0.05) is 56.3 Å². The van der Waals surface area contributed by atoms with Gasteiger partial charge in [-0.05, 0) is 35.6 Å². The molecule has 0 aliphatic heterocycles. The van der Waals surface area contributed by atoms with E-state index >= 15 is 0 Å². The number of hydrogen-bond donors (Lipinski definition) is 2. The Kier molecular flexibility index (Phi) is 5.39. The standard InChI is InChI=1S/C20H23NO3/c1-14(19(23)24)15-9-11-17(12-10-15)21-18(22)13-20(2,3)16-7-5-4-6-8-16/h4-12,14H,13H2,1-3H3,(H,21,22)(H,23,24). The van der Waals surface area contributed by atoms with Crippen molar-refractivity contribution in [1.29, 1.82) is 0 Å². The van der Waals surface area contributed by atoms with Crippen LogP contribution in [-0.2, 0) is 15.0 Å². The predicted molar refractivity (Wildman–Crippen MR) is 95.2 cm³/mol. The van der Waals surface area contributed by atoms with Gasteiger partial charge >= 0.3 is 5.97 Å². The summed E-state index contributed by atoms with van der Waals surface area (Å²) in [5.41, 5.74) is 2.24. The molecule has 126 valence electrons. The Morgan fingerprint density at radius 3 is 2.17 bits per heavy atom. The molecule has 4 nitrogen and oxygen atoms in total. The van der Waals surface area contributed by atoms with Crippen molar-refractivity contribution in [2.75, 3.05) is 5.32 Å². The molecule has 24 heavy (non-hydrogen) atoms. The summed E-state index contributed by atoms with van der Waals surface area (Å²) in [6.07, 6.45) is 0.365. The SMILES string of the molecule is CC(C(=O)O)c1ccc(NC(=O)CC(C)(C)c2ccccc2)cc1. The molecule has 4 heteroatoms. The lowest BCUT2D eigenvalue weighted by molar-refractivity contribution is -0.138. The number of carbonyl (C=O) groups excluding carboxylic acids is 1. The third-order valence-electron chi connectivity index (χ3n) is 4.22. The highest BCUT2D eigenvalue weighted by Crippen LogP contribution is 2.27. The van der Waals surface area contributed by atoms with Crippen molar-refractivity contribution < 1.29 is 14.7 Å². The third-order valence-corrected chi connectivity index (χ3v) is 4.22. The van der Waals surface area contributed by atoms with E-state index in [0.717, 1.165) is 5.56 Å². The first-order chi connectivity index (χ1) is 11.3. The maximum atomic E-state index is 12.3. The van der Waals surface area contributed by atoms with Gasteiger partial charge in [0.25, 0.3) is 0 Å². The molecule has 1 amide bonds. The molecule has 2 rings (SSSR count). The highest BCUT2D eigenvalue weighted by Gasteiger charge is 2.24. The fourth-order valence-electron chi connectivity index (χ4n) is 2.60. The van der Waals surface area contributed by atoms with Crippen LogP contribution in [0.4, 0.5) is 5.69 Å². The van der Waals surface area contributed by atoms with Crippen molar-refractivity contribution in [2.45, 2.75) is 38.5 Å². The van der Waals surface area contributed by atoms with E-state index in [4.69, 9.17) is 5.11 Å². The first-order valence-electron chi connectivity index (χ1n) is 7.98. The van der Waals surface area contributed by atoms with Crippen LogP contribution in [0.1, 0.15) is 44.2 Å². The van der Waals surface area contributed by atoms with E-state index in [1.54, 1.807) is 31.2 Å². The number of rotatable bonds is 6. The van der Waals surface area contributed by atoms with Gasteiger partial charge in [-0.25, -0.2) is 0 Å². The van der Waals surface area contributed by atoms with Crippen LogP contribution in [0.2, 0.25) is 0 Å². The van der Waals surface area contributed by atoms with Gasteiger partial charge in [-0.2, -0.15) is 0 Å². The minimum Gasteiger partial charge on any atom is -0.481 e. The van der Waals surface area contributed by atoms with Gasteiger partial charge in [-0.3, -0.25) is 9.59 Å². The topological polar surface area (TPSA) is 66.4 Å². The molecule has 1 unspecified atom stereocenters. The van der Waals surface area contributed by atoms with Crippen LogP contribution in [0.3, 0.4) is 0 Å². The monoisotopic (exact) mass is 325 g/mol. The molecule has 0 aromatic heterocycles.